The highest BCUT2D eigenvalue weighted by atomic mass is 79.9. The Morgan fingerprint density at radius 1 is 1.26 bits per heavy atom. The third-order valence-electron chi connectivity index (χ3n) is 2.63. The molecule has 0 heterocycles. The van der Waals surface area contributed by atoms with Crippen molar-refractivity contribution in [1.82, 2.24) is 0 Å². The van der Waals surface area contributed by atoms with Crippen LogP contribution in [0.25, 0.3) is 0 Å². The van der Waals surface area contributed by atoms with Gasteiger partial charge in [-0.15, -0.1) is 0 Å². The van der Waals surface area contributed by atoms with E-state index in [1.807, 2.05) is 19.1 Å². The van der Waals surface area contributed by atoms with Gasteiger partial charge in [-0.1, -0.05) is 33.6 Å². The van der Waals surface area contributed by atoms with Gasteiger partial charge in [0.25, 0.3) is 5.91 Å². The standard InChI is InChI=1S/C15H11BrN2O/c1-10-3-2-4-11(7-10)15(19)18-14-6-5-13(16)8-12(14)9-17/h2-8H,1H3,(H,18,19). The summed E-state index contributed by atoms with van der Waals surface area (Å²) in [5, 5.41) is 11.8. The third kappa shape index (κ3) is 3.21. The molecule has 0 unspecified atom stereocenters. The number of halogens is 1. The minimum atomic E-state index is -0.220. The topological polar surface area (TPSA) is 52.9 Å². The van der Waals surface area contributed by atoms with Gasteiger partial charge in [-0.25, -0.2) is 0 Å². The van der Waals surface area contributed by atoms with Crippen LogP contribution in [-0.4, -0.2) is 5.91 Å². The van der Waals surface area contributed by atoms with E-state index >= 15 is 0 Å². The van der Waals surface area contributed by atoms with Crippen LogP contribution in [0.3, 0.4) is 0 Å². The zero-order valence-electron chi connectivity index (χ0n) is 10.3. The molecular formula is C15H11BrN2O. The molecule has 2 aromatic rings. The maximum Gasteiger partial charge on any atom is 0.255 e. The van der Waals surface area contributed by atoms with Crippen molar-refractivity contribution in [3.05, 3.63) is 63.6 Å². The van der Waals surface area contributed by atoms with Gasteiger partial charge in [0.15, 0.2) is 0 Å². The molecule has 0 aliphatic carbocycles. The number of carbonyl (C=O) groups is 1. The Morgan fingerprint density at radius 2 is 2.05 bits per heavy atom. The molecule has 0 aromatic heterocycles. The first-order chi connectivity index (χ1) is 9.10. The summed E-state index contributed by atoms with van der Waals surface area (Å²) in [7, 11) is 0. The number of aryl methyl sites for hydroxylation is 1. The van der Waals surface area contributed by atoms with E-state index in [2.05, 4.69) is 27.3 Å². The molecule has 0 bridgehead atoms. The van der Waals surface area contributed by atoms with Crippen molar-refractivity contribution in [3.63, 3.8) is 0 Å². The second kappa shape index (κ2) is 5.68. The maximum absolute atomic E-state index is 12.1. The van der Waals surface area contributed by atoms with Crippen LogP contribution >= 0.6 is 15.9 Å². The molecule has 0 radical (unpaired) electrons. The number of carbonyl (C=O) groups excluding carboxylic acids is 1. The van der Waals surface area contributed by atoms with Crippen LogP contribution in [0.5, 0.6) is 0 Å². The Morgan fingerprint density at radius 3 is 2.74 bits per heavy atom. The van der Waals surface area contributed by atoms with Gasteiger partial charge < -0.3 is 5.32 Å². The van der Waals surface area contributed by atoms with Gasteiger partial charge in [-0.3, -0.25) is 4.79 Å². The number of nitrogens with one attached hydrogen (secondary N) is 1. The molecule has 0 aliphatic heterocycles. The molecule has 0 fully saturated rings. The van der Waals surface area contributed by atoms with Gasteiger partial charge in [0, 0.05) is 10.0 Å². The van der Waals surface area contributed by atoms with Crippen LogP contribution in [0.2, 0.25) is 0 Å². The predicted octanol–water partition coefficient (Wildman–Crippen LogP) is 3.88. The molecule has 4 heteroatoms. The van der Waals surface area contributed by atoms with E-state index in [0.29, 0.717) is 16.8 Å². The fraction of sp³-hybridized carbons (Fsp3) is 0.0667. The second-order valence-electron chi connectivity index (χ2n) is 4.13. The molecule has 94 valence electrons. The quantitative estimate of drug-likeness (QED) is 0.914. The number of amides is 1. The number of benzene rings is 2. The minimum absolute atomic E-state index is 0.220. The molecule has 2 rings (SSSR count). The Labute approximate surface area is 120 Å². The maximum atomic E-state index is 12.1. The van der Waals surface area contributed by atoms with Crippen LogP contribution in [0.1, 0.15) is 21.5 Å². The Kier molecular flexibility index (Phi) is 3.98. The van der Waals surface area contributed by atoms with E-state index in [1.54, 1.807) is 30.3 Å². The fourth-order valence-electron chi connectivity index (χ4n) is 1.70. The second-order valence-corrected chi connectivity index (χ2v) is 5.04. The van der Waals surface area contributed by atoms with E-state index in [1.165, 1.54) is 0 Å². The van der Waals surface area contributed by atoms with Gasteiger partial charge in [-0.05, 0) is 37.3 Å². The summed E-state index contributed by atoms with van der Waals surface area (Å²) in [6.07, 6.45) is 0. The Hall–Kier alpha value is -2.12. The fourth-order valence-corrected chi connectivity index (χ4v) is 2.06. The number of hydrogen-bond donors (Lipinski definition) is 1. The van der Waals surface area contributed by atoms with Crippen molar-refractivity contribution >= 4 is 27.5 Å². The molecule has 0 aliphatic rings. The normalized spacial score (nSPS) is 9.74. The van der Waals surface area contributed by atoms with Crippen molar-refractivity contribution in [2.75, 3.05) is 5.32 Å². The molecule has 0 saturated heterocycles. The number of nitriles is 1. The van der Waals surface area contributed by atoms with E-state index in [0.717, 1.165) is 10.0 Å². The Bertz CT molecular complexity index is 674. The van der Waals surface area contributed by atoms with Crippen molar-refractivity contribution in [2.24, 2.45) is 0 Å². The van der Waals surface area contributed by atoms with Crippen molar-refractivity contribution in [3.8, 4) is 6.07 Å². The zero-order valence-corrected chi connectivity index (χ0v) is 11.9. The molecule has 0 atom stereocenters. The largest absolute Gasteiger partial charge is 0.321 e. The molecule has 1 N–H and O–H groups in total. The van der Waals surface area contributed by atoms with Crippen LogP contribution < -0.4 is 5.32 Å². The first-order valence-corrected chi connectivity index (χ1v) is 6.47. The molecule has 3 nitrogen and oxygen atoms in total. The van der Waals surface area contributed by atoms with Crippen LogP contribution in [0.4, 0.5) is 5.69 Å². The molecule has 19 heavy (non-hydrogen) atoms. The lowest BCUT2D eigenvalue weighted by Crippen LogP contribution is -2.12. The predicted molar refractivity (Wildman–Crippen MR) is 78.0 cm³/mol. The van der Waals surface area contributed by atoms with Crippen LogP contribution in [0, 0.1) is 18.3 Å². The summed E-state index contributed by atoms with van der Waals surface area (Å²) in [5.41, 5.74) is 2.53. The summed E-state index contributed by atoms with van der Waals surface area (Å²) >= 11 is 3.29. The number of rotatable bonds is 2. The highest BCUT2D eigenvalue weighted by Gasteiger charge is 2.09. The van der Waals surface area contributed by atoms with Crippen molar-refractivity contribution in [1.29, 1.82) is 5.26 Å². The van der Waals surface area contributed by atoms with Crippen LogP contribution in [-0.2, 0) is 0 Å². The third-order valence-corrected chi connectivity index (χ3v) is 3.12. The van der Waals surface area contributed by atoms with E-state index in [-0.39, 0.29) is 5.91 Å². The van der Waals surface area contributed by atoms with Gasteiger partial charge >= 0.3 is 0 Å². The van der Waals surface area contributed by atoms with Gasteiger partial charge in [0.1, 0.15) is 6.07 Å². The summed E-state index contributed by atoms with van der Waals surface area (Å²) in [5.74, 6) is -0.220. The highest BCUT2D eigenvalue weighted by Crippen LogP contribution is 2.21. The smallest absolute Gasteiger partial charge is 0.255 e. The first kappa shape index (κ1) is 13.3. The lowest BCUT2D eigenvalue weighted by molar-refractivity contribution is 0.102. The molecule has 0 saturated carbocycles. The van der Waals surface area contributed by atoms with Crippen molar-refractivity contribution in [2.45, 2.75) is 6.92 Å². The number of hydrogen-bond acceptors (Lipinski definition) is 2. The van der Waals surface area contributed by atoms with E-state index < -0.39 is 0 Å². The first-order valence-electron chi connectivity index (χ1n) is 5.68. The summed E-state index contributed by atoms with van der Waals surface area (Å²) in [6, 6.07) is 14.5. The molecule has 0 spiro atoms. The molecule has 1 amide bonds. The Balaban J connectivity index is 2.27. The average Bonchev–Trinajstić information content (AvgIpc) is 2.40. The SMILES string of the molecule is Cc1cccc(C(=O)Nc2ccc(Br)cc2C#N)c1. The monoisotopic (exact) mass is 314 g/mol. The molecular weight excluding hydrogens is 304 g/mol. The molecule has 2 aromatic carbocycles. The summed E-state index contributed by atoms with van der Waals surface area (Å²) < 4.78 is 0.803. The summed E-state index contributed by atoms with van der Waals surface area (Å²) in [4.78, 5) is 12.1. The lowest BCUT2D eigenvalue weighted by Gasteiger charge is -2.07. The zero-order chi connectivity index (χ0) is 13.8. The number of anilines is 1. The van der Waals surface area contributed by atoms with E-state index in [9.17, 15) is 4.79 Å². The minimum Gasteiger partial charge on any atom is -0.321 e. The summed E-state index contributed by atoms with van der Waals surface area (Å²) in [6.45, 7) is 1.93. The van der Waals surface area contributed by atoms with Gasteiger partial charge in [-0.2, -0.15) is 5.26 Å². The van der Waals surface area contributed by atoms with Crippen molar-refractivity contribution < 1.29 is 4.79 Å². The lowest BCUT2D eigenvalue weighted by atomic mass is 10.1. The van der Waals surface area contributed by atoms with E-state index in [4.69, 9.17) is 5.26 Å². The average molecular weight is 315 g/mol. The van der Waals surface area contributed by atoms with Crippen LogP contribution in [0.15, 0.2) is 46.9 Å². The van der Waals surface area contributed by atoms with Gasteiger partial charge in [0.05, 0.1) is 11.3 Å². The number of nitrogens with zero attached hydrogens (tertiary/aromatic N) is 1. The highest BCUT2D eigenvalue weighted by molar-refractivity contribution is 9.10. The van der Waals surface area contributed by atoms with Gasteiger partial charge in [0.2, 0.25) is 0 Å².